The van der Waals surface area contributed by atoms with Gasteiger partial charge in [-0.15, -0.1) is 0 Å². The van der Waals surface area contributed by atoms with Crippen LogP contribution >= 0.6 is 0 Å². The van der Waals surface area contributed by atoms with E-state index in [1.807, 2.05) is 0 Å². The van der Waals surface area contributed by atoms with Crippen molar-refractivity contribution in [2.75, 3.05) is 0 Å². The van der Waals surface area contributed by atoms with Gasteiger partial charge < -0.3 is 0 Å². The van der Waals surface area contributed by atoms with Crippen molar-refractivity contribution in [3.8, 4) is 0 Å². The van der Waals surface area contributed by atoms with Crippen LogP contribution in [-0.2, 0) is 13.1 Å². The highest BCUT2D eigenvalue weighted by Crippen LogP contribution is 2.30. The van der Waals surface area contributed by atoms with Crippen LogP contribution in [0.4, 0.5) is 0 Å². The minimum Gasteiger partial charge on any atom is -0.296 e. The van der Waals surface area contributed by atoms with Crippen molar-refractivity contribution in [3.63, 3.8) is 0 Å². The lowest BCUT2D eigenvalue weighted by molar-refractivity contribution is 0.338. The van der Waals surface area contributed by atoms with Gasteiger partial charge in [-0.3, -0.25) is 13.9 Å². The van der Waals surface area contributed by atoms with Crippen molar-refractivity contribution in [2.24, 2.45) is 5.41 Å². The molecule has 0 amide bonds. The molecule has 0 saturated carbocycles. The molecule has 0 radical (unpaired) electrons. The standard InChI is InChI=1S/C23H28N2O2/c1-16-8-10-23(5,11-9-16)15-25-21(26)19(4)13-24(22(25)27)14-20-7-6-17(2)12-18(20)3/h6-10,12-13H,11,14-15H2,1-5H3. The third-order valence-electron chi connectivity index (χ3n) is 5.41. The van der Waals surface area contributed by atoms with Gasteiger partial charge in [-0.1, -0.05) is 54.5 Å². The highest BCUT2D eigenvalue weighted by atomic mass is 16.2. The summed E-state index contributed by atoms with van der Waals surface area (Å²) in [4.78, 5) is 25.8. The highest BCUT2D eigenvalue weighted by molar-refractivity contribution is 5.30. The van der Waals surface area contributed by atoms with Crippen LogP contribution in [0.3, 0.4) is 0 Å². The lowest BCUT2D eigenvalue weighted by Gasteiger charge is -2.28. The highest BCUT2D eigenvalue weighted by Gasteiger charge is 2.25. The molecule has 142 valence electrons. The second-order valence-corrected chi connectivity index (χ2v) is 8.18. The Labute approximate surface area is 160 Å². The van der Waals surface area contributed by atoms with E-state index in [0.717, 1.165) is 17.5 Å². The Morgan fingerprint density at radius 1 is 1.07 bits per heavy atom. The third-order valence-corrected chi connectivity index (χ3v) is 5.41. The van der Waals surface area contributed by atoms with Crippen molar-refractivity contribution in [3.05, 3.63) is 91.3 Å². The number of hydrogen-bond donors (Lipinski definition) is 0. The van der Waals surface area contributed by atoms with Crippen molar-refractivity contribution < 1.29 is 0 Å². The minimum absolute atomic E-state index is 0.197. The molecule has 0 aliphatic heterocycles. The van der Waals surface area contributed by atoms with E-state index in [1.165, 1.54) is 15.7 Å². The van der Waals surface area contributed by atoms with Crippen molar-refractivity contribution in [1.29, 1.82) is 0 Å². The van der Waals surface area contributed by atoms with Crippen molar-refractivity contribution in [1.82, 2.24) is 9.13 Å². The summed E-state index contributed by atoms with van der Waals surface area (Å²) in [5.74, 6) is 0. The van der Waals surface area contributed by atoms with E-state index in [9.17, 15) is 9.59 Å². The van der Waals surface area contributed by atoms with E-state index in [0.29, 0.717) is 18.7 Å². The van der Waals surface area contributed by atoms with Gasteiger partial charge in [0, 0.05) is 23.7 Å². The number of hydrogen-bond acceptors (Lipinski definition) is 2. The fraction of sp³-hybridized carbons (Fsp3) is 0.391. The SMILES string of the molecule is CC1=CCC(C)(Cn2c(=O)c(C)cn(Cc3ccc(C)cc3C)c2=O)C=C1. The zero-order valence-corrected chi connectivity index (χ0v) is 16.9. The molecule has 1 unspecified atom stereocenters. The number of aryl methyl sites for hydroxylation is 3. The first-order valence-electron chi connectivity index (χ1n) is 9.41. The van der Waals surface area contributed by atoms with Crippen LogP contribution in [0, 0.1) is 26.2 Å². The van der Waals surface area contributed by atoms with Gasteiger partial charge in [0.2, 0.25) is 0 Å². The molecule has 1 heterocycles. The maximum absolute atomic E-state index is 13.1. The third kappa shape index (κ3) is 4.05. The van der Waals surface area contributed by atoms with Gasteiger partial charge in [0.25, 0.3) is 5.56 Å². The van der Waals surface area contributed by atoms with Gasteiger partial charge in [0.1, 0.15) is 0 Å². The van der Waals surface area contributed by atoms with Crippen LogP contribution in [0.25, 0.3) is 0 Å². The molecule has 0 saturated heterocycles. The first-order chi connectivity index (χ1) is 12.7. The van der Waals surface area contributed by atoms with Gasteiger partial charge in [-0.05, 0) is 45.2 Å². The molecule has 1 aromatic heterocycles. The van der Waals surface area contributed by atoms with E-state index in [1.54, 1.807) is 17.7 Å². The Morgan fingerprint density at radius 2 is 1.81 bits per heavy atom. The summed E-state index contributed by atoms with van der Waals surface area (Å²) in [6.45, 7) is 10.9. The summed E-state index contributed by atoms with van der Waals surface area (Å²) in [5.41, 5.74) is 4.59. The number of rotatable bonds is 4. The number of benzene rings is 1. The molecule has 1 aliphatic carbocycles. The Balaban J connectivity index is 2.00. The number of allylic oxidation sites excluding steroid dienone is 4. The molecular weight excluding hydrogens is 336 g/mol. The fourth-order valence-corrected chi connectivity index (χ4v) is 3.60. The maximum atomic E-state index is 13.1. The van der Waals surface area contributed by atoms with Crippen molar-refractivity contribution in [2.45, 2.75) is 54.1 Å². The summed E-state index contributed by atoms with van der Waals surface area (Å²) < 4.78 is 3.06. The van der Waals surface area contributed by atoms with E-state index in [2.05, 4.69) is 64.1 Å². The molecule has 0 spiro atoms. The average molecular weight is 364 g/mol. The van der Waals surface area contributed by atoms with Crippen LogP contribution in [0.5, 0.6) is 0 Å². The number of aromatic nitrogens is 2. The summed E-state index contributed by atoms with van der Waals surface area (Å²) >= 11 is 0. The Hall–Kier alpha value is -2.62. The molecule has 0 fully saturated rings. The smallest absolute Gasteiger partial charge is 0.296 e. The molecule has 3 rings (SSSR count). The molecule has 0 N–H and O–H groups in total. The van der Waals surface area contributed by atoms with Gasteiger partial charge in [0.05, 0.1) is 6.54 Å². The van der Waals surface area contributed by atoms with Gasteiger partial charge in [0.15, 0.2) is 0 Å². The predicted molar refractivity (Wildman–Crippen MR) is 110 cm³/mol. The van der Waals surface area contributed by atoms with E-state index >= 15 is 0 Å². The molecule has 4 heteroatoms. The molecule has 4 nitrogen and oxygen atoms in total. The first kappa shape index (κ1) is 19.2. The predicted octanol–water partition coefficient (Wildman–Crippen LogP) is 3.90. The maximum Gasteiger partial charge on any atom is 0.331 e. The van der Waals surface area contributed by atoms with E-state index in [4.69, 9.17) is 0 Å². The summed E-state index contributed by atoms with van der Waals surface area (Å²) in [6.07, 6.45) is 8.86. The topological polar surface area (TPSA) is 44.0 Å². The van der Waals surface area contributed by atoms with Gasteiger partial charge in [-0.2, -0.15) is 0 Å². The lowest BCUT2D eigenvalue weighted by atomic mass is 9.82. The minimum atomic E-state index is -0.244. The normalized spacial score (nSPS) is 19.2. The zero-order chi connectivity index (χ0) is 19.8. The second kappa shape index (κ2) is 7.18. The molecule has 27 heavy (non-hydrogen) atoms. The molecule has 1 atom stereocenters. The Bertz CT molecular complexity index is 1050. The van der Waals surface area contributed by atoms with Crippen molar-refractivity contribution >= 4 is 0 Å². The number of nitrogens with zero attached hydrogens (tertiary/aromatic N) is 2. The van der Waals surface area contributed by atoms with Crippen LogP contribution in [0.2, 0.25) is 0 Å². The quantitative estimate of drug-likeness (QED) is 0.826. The first-order valence-corrected chi connectivity index (χ1v) is 9.41. The summed E-state index contributed by atoms with van der Waals surface area (Å²) in [5, 5.41) is 0. The summed E-state index contributed by atoms with van der Waals surface area (Å²) in [6, 6.07) is 6.23. The largest absolute Gasteiger partial charge is 0.331 e. The Morgan fingerprint density at radius 3 is 2.44 bits per heavy atom. The molecule has 1 aliphatic rings. The van der Waals surface area contributed by atoms with E-state index < -0.39 is 0 Å². The lowest BCUT2D eigenvalue weighted by Crippen LogP contribution is -2.44. The fourth-order valence-electron chi connectivity index (χ4n) is 3.60. The molecule has 1 aromatic carbocycles. The zero-order valence-electron chi connectivity index (χ0n) is 16.9. The average Bonchev–Trinajstić information content (AvgIpc) is 2.62. The summed E-state index contributed by atoms with van der Waals surface area (Å²) in [7, 11) is 0. The Kier molecular flexibility index (Phi) is 5.09. The van der Waals surface area contributed by atoms with Crippen LogP contribution in [0.1, 0.15) is 42.5 Å². The second-order valence-electron chi connectivity index (χ2n) is 8.18. The van der Waals surface area contributed by atoms with Gasteiger partial charge in [-0.25, -0.2) is 4.79 Å². The molecule has 2 aromatic rings. The van der Waals surface area contributed by atoms with E-state index in [-0.39, 0.29) is 16.7 Å². The van der Waals surface area contributed by atoms with Crippen LogP contribution < -0.4 is 11.2 Å². The molecular formula is C23H28N2O2. The van der Waals surface area contributed by atoms with Crippen LogP contribution in [-0.4, -0.2) is 9.13 Å². The monoisotopic (exact) mass is 364 g/mol. The van der Waals surface area contributed by atoms with Gasteiger partial charge >= 0.3 is 5.69 Å². The molecule has 0 bridgehead atoms. The van der Waals surface area contributed by atoms with Crippen LogP contribution in [0.15, 0.2) is 57.8 Å².